The van der Waals surface area contributed by atoms with Crippen LogP contribution in [0.5, 0.6) is 0 Å². The Bertz CT molecular complexity index is 472. The van der Waals surface area contributed by atoms with Gasteiger partial charge in [-0.3, -0.25) is 9.59 Å². The van der Waals surface area contributed by atoms with Crippen molar-refractivity contribution in [1.29, 1.82) is 0 Å². The number of esters is 1. The summed E-state index contributed by atoms with van der Waals surface area (Å²) in [5.41, 5.74) is 0. The summed E-state index contributed by atoms with van der Waals surface area (Å²) >= 11 is 0. The summed E-state index contributed by atoms with van der Waals surface area (Å²) in [6.07, 6.45) is 28.1. The molecule has 0 bridgehead atoms. The number of hydrogen-bond donors (Lipinski definition) is 1. The Morgan fingerprint density at radius 2 is 1.12 bits per heavy atom. The maximum absolute atomic E-state index is 12.0. The second-order valence-corrected chi connectivity index (χ2v) is 9.61. The molecule has 194 valence electrons. The van der Waals surface area contributed by atoms with Gasteiger partial charge in [0.25, 0.3) is 0 Å². The van der Waals surface area contributed by atoms with Gasteiger partial charge in [0.1, 0.15) is 0 Å². The topological polar surface area (TPSA) is 63.6 Å². The fraction of sp³-hybridized carbons (Fsp3) is 0.862. The highest BCUT2D eigenvalue weighted by molar-refractivity contribution is 5.78. The van der Waals surface area contributed by atoms with Crippen molar-refractivity contribution in [3.05, 3.63) is 12.2 Å². The lowest BCUT2D eigenvalue weighted by Gasteiger charge is -2.10. The predicted molar refractivity (Wildman–Crippen MR) is 140 cm³/mol. The van der Waals surface area contributed by atoms with Crippen molar-refractivity contribution in [1.82, 2.24) is 0 Å². The van der Waals surface area contributed by atoms with E-state index in [0.717, 1.165) is 25.7 Å². The Morgan fingerprint density at radius 1 is 0.667 bits per heavy atom. The van der Waals surface area contributed by atoms with E-state index in [2.05, 4.69) is 19.9 Å². The van der Waals surface area contributed by atoms with Crippen molar-refractivity contribution in [3.8, 4) is 0 Å². The van der Waals surface area contributed by atoms with Gasteiger partial charge in [-0.15, -0.1) is 0 Å². The summed E-state index contributed by atoms with van der Waals surface area (Å²) in [6.45, 7) is 4.89. The number of unbranched alkanes of at least 4 members (excludes halogenated alkanes) is 17. The first-order chi connectivity index (χ1) is 16.1. The lowest BCUT2D eigenvalue weighted by atomic mass is 10.0. The van der Waals surface area contributed by atoms with E-state index in [1.807, 2.05) is 6.08 Å². The van der Waals surface area contributed by atoms with Crippen LogP contribution in [-0.2, 0) is 14.3 Å². The van der Waals surface area contributed by atoms with Crippen LogP contribution in [0.3, 0.4) is 0 Å². The first kappa shape index (κ1) is 31.7. The Hall–Kier alpha value is -1.32. The fourth-order valence-corrected chi connectivity index (χ4v) is 4.08. The van der Waals surface area contributed by atoms with Crippen LogP contribution in [0.4, 0.5) is 0 Å². The normalized spacial score (nSPS) is 12.3. The number of carbonyl (C=O) groups excluding carboxylic acids is 1. The molecule has 1 atom stereocenters. The van der Waals surface area contributed by atoms with Crippen LogP contribution in [0, 0.1) is 5.92 Å². The largest absolute Gasteiger partial charge is 0.481 e. The lowest BCUT2D eigenvalue weighted by molar-refractivity contribution is -0.151. The number of aliphatic carboxylic acids is 1. The van der Waals surface area contributed by atoms with Gasteiger partial charge in [-0.25, -0.2) is 0 Å². The van der Waals surface area contributed by atoms with E-state index in [-0.39, 0.29) is 12.4 Å². The van der Waals surface area contributed by atoms with Gasteiger partial charge in [0.15, 0.2) is 0 Å². The summed E-state index contributed by atoms with van der Waals surface area (Å²) in [7, 11) is 0. The molecular weight excluding hydrogens is 412 g/mol. The van der Waals surface area contributed by atoms with Crippen molar-refractivity contribution in [3.63, 3.8) is 0 Å². The van der Waals surface area contributed by atoms with Gasteiger partial charge in [0.2, 0.25) is 0 Å². The average Bonchev–Trinajstić information content (AvgIpc) is 2.80. The molecule has 0 aliphatic carbocycles. The molecule has 0 saturated carbocycles. The SMILES string of the molecule is CCCCCCCCC/C=C/CC(CC(=O)OCCCCCCCCCCCCC)C(=O)O. The van der Waals surface area contributed by atoms with E-state index in [1.165, 1.54) is 96.3 Å². The predicted octanol–water partition coefficient (Wildman–Crippen LogP) is 9.02. The third kappa shape index (κ3) is 23.6. The zero-order valence-corrected chi connectivity index (χ0v) is 22.0. The van der Waals surface area contributed by atoms with Crippen LogP contribution in [0.15, 0.2) is 12.2 Å². The van der Waals surface area contributed by atoms with Gasteiger partial charge < -0.3 is 9.84 Å². The average molecular weight is 467 g/mol. The fourth-order valence-electron chi connectivity index (χ4n) is 4.08. The van der Waals surface area contributed by atoms with Gasteiger partial charge in [-0.05, 0) is 25.7 Å². The van der Waals surface area contributed by atoms with Gasteiger partial charge in [-0.2, -0.15) is 0 Å². The highest BCUT2D eigenvalue weighted by atomic mass is 16.5. The summed E-state index contributed by atoms with van der Waals surface area (Å²) in [6, 6.07) is 0. The standard InChI is InChI=1S/C29H54O4/c1-3-5-7-9-11-13-15-17-19-21-23-25-33-28(30)26-27(29(31)32)24-22-20-18-16-14-12-10-8-6-4-2/h20,22,27H,3-19,21,23-26H2,1-2H3,(H,31,32)/b22-20+. The third-order valence-corrected chi connectivity index (χ3v) is 6.33. The molecule has 0 heterocycles. The van der Waals surface area contributed by atoms with Crippen LogP contribution in [0.25, 0.3) is 0 Å². The van der Waals surface area contributed by atoms with E-state index in [1.54, 1.807) is 0 Å². The molecule has 0 aliphatic rings. The summed E-state index contributed by atoms with van der Waals surface area (Å²) < 4.78 is 5.28. The molecule has 0 aromatic carbocycles. The summed E-state index contributed by atoms with van der Waals surface area (Å²) in [4.78, 5) is 23.5. The number of ether oxygens (including phenoxy) is 1. The molecule has 0 aliphatic heterocycles. The van der Waals surface area contributed by atoms with E-state index in [9.17, 15) is 14.7 Å². The molecule has 0 rings (SSSR count). The molecule has 33 heavy (non-hydrogen) atoms. The molecule has 4 heteroatoms. The number of allylic oxidation sites excluding steroid dienone is 2. The van der Waals surface area contributed by atoms with Crippen molar-refractivity contribution in [2.75, 3.05) is 6.61 Å². The molecule has 1 unspecified atom stereocenters. The summed E-state index contributed by atoms with van der Waals surface area (Å²) in [5.74, 6) is -1.97. The van der Waals surface area contributed by atoms with Crippen molar-refractivity contribution < 1.29 is 19.4 Å². The molecule has 1 N–H and O–H groups in total. The first-order valence-corrected chi connectivity index (χ1v) is 14.1. The molecule has 4 nitrogen and oxygen atoms in total. The molecule has 0 aromatic rings. The third-order valence-electron chi connectivity index (χ3n) is 6.33. The van der Waals surface area contributed by atoms with Gasteiger partial charge >= 0.3 is 11.9 Å². The molecule has 0 amide bonds. The number of rotatable bonds is 25. The zero-order valence-electron chi connectivity index (χ0n) is 22.0. The first-order valence-electron chi connectivity index (χ1n) is 14.1. The van der Waals surface area contributed by atoms with Gasteiger partial charge in [0, 0.05) is 0 Å². The number of carboxylic acids is 1. The number of carboxylic acid groups (broad SMARTS) is 1. The highest BCUT2D eigenvalue weighted by Gasteiger charge is 2.20. The van der Waals surface area contributed by atoms with Crippen molar-refractivity contribution >= 4 is 11.9 Å². The van der Waals surface area contributed by atoms with Crippen LogP contribution >= 0.6 is 0 Å². The zero-order chi connectivity index (χ0) is 24.4. The Morgan fingerprint density at radius 3 is 1.61 bits per heavy atom. The molecule has 0 fully saturated rings. The Kier molecular flexibility index (Phi) is 24.3. The van der Waals surface area contributed by atoms with E-state index < -0.39 is 11.9 Å². The minimum Gasteiger partial charge on any atom is -0.481 e. The van der Waals surface area contributed by atoms with Gasteiger partial charge in [0.05, 0.1) is 18.9 Å². The number of hydrogen-bond acceptors (Lipinski definition) is 3. The maximum Gasteiger partial charge on any atom is 0.307 e. The molecule has 0 saturated heterocycles. The molecule has 0 spiro atoms. The Labute approximate surface area is 204 Å². The smallest absolute Gasteiger partial charge is 0.307 e. The maximum atomic E-state index is 12.0. The van der Waals surface area contributed by atoms with E-state index in [0.29, 0.717) is 13.0 Å². The molecule has 0 radical (unpaired) electrons. The second kappa shape index (κ2) is 25.3. The van der Waals surface area contributed by atoms with Gasteiger partial charge in [-0.1, -0.05) is 129 Å². The monoisotopic (exact) mass is 466 g/mol. The minimum absolute atomic E-state index is 0.0326. The highest BCUT2D eigenvalue weighted by Crippen LogP contribution is 2.14. The Balaban J connectivity index is 3.67. The molecule has 0 aromatic heterocycles. The lowest BCUT2D eigenvalue weighted by Crippen LogP contribution is -2.19. The van der Waals surface area contributed by atoms with Crippen molar-refractivity contribution in [2.45, 2.75) is 149 Å². The van der Waals surface area contributed by atoms with Crippen molar-refractivity contribution in [2.24, 2.45) is 5.92 Å². The van der Waals surface area contributed by atoms with Crippen LogP contribution < -0.4 is 0 Å². The van der Waals surface area contributed by atoms with Crippen LogP contribution in [0.1, 0.15) is 149 Å². The summed E-state index contributed by atoms with van der Waals surface area (Å²) in [5, 5.41) is 9.40. The minimum atomic E-state index is -0.915. The van der Waals surface area contributed by atoms with Crippen LogP contribution in [-0.4, -0.2) is 23.7 Å². The van der Waals surface area contributed by atoms with Crippen LogP contribution in [0.2, 0.25) is 0 Å². The van der Waals surface area contributed by atoms with E-state index >= 15 is 0 Å². The molecular formula is C29H54O4. The quantitative estimate of drug-likeness (QED) is 0.0828. The number of carbonyl (C=O) groups is 2. The second-order valence-electron chi connectivity index (χ2n) is 9.61. The van der Waals surface area contributed by atoms with E-state index in [4.69, 9.17) is 4.74 Å².